The van der Waals surface area contributed by atoms with Gasteiger partial charge in [-0.15, -0.1) is 0 Å². The van der Waals surface area contributed by atoms with Crippen molar-refractivity contribution in [2.75, 3.05) is 39.0 Å². The van der Waals surface area contributed by atoms with Crippen LogP contribution in [0.3, 0.4) is 0 Å². The van der Waals surface area contributed by atoms with Gasteiger partial charge in [0, 0.05) is 26.2 Å². The van der Waals surface area contributed by atoms with E-state index in [1.54, 1.807) is 7.11 Å². The van der Waals surface area contributed by atoms with Crippen LogP contribution in [0.2, 0.25) is 0 Å². The number of ether oxygens (including phenoxy) is 3. The first kappa shape index (κ1) is 17.6. The maximum Gasteiger partial charge on any atom is 0.221 e. The number of hydrogen-bond acceptors (Lipinski definition) is 7. The molecular weight excluding hydrogens is 272 g/mol. The van der Waals surface area contributed by atoms with E-state index in [0.717, 1.165) is 12.0 Å². The van der Waals surface area contributed by atoms with E-state index in [1.165, 1.54) is 0 Å². The molecule has 0 saturated heterocycles. The van der Waals surface area contributed by atoms with Crippen LogP contribution in [-0.2, 0) is 9.47 Å². The Hall–Kier alpha value is -1.44. The Labute approximate surface area is 126 Å². The van der Waals surface area contributed by atoms with Crippen molar-refractivity contribution in [2.24, 2.45) is 5.84 Å². The Balaban J connectivity index is 2.52. The smallest absolute Gasteiger partial charge is 0.221 e. The lowest BCUT2D eigenvalue weighted by Gasteiger charge is -2.14. The molecule has 0 atom stereocenters. The predicted molar refractivity (Wildman–Crippen MR) is 81.5 cm³/mol. The van der Waals surface area contributed by atoms with Gasteiger partial charge >= 0.3 is 0 Å². The average molecular weight is 298 g/mol. The van der Waals surface area contributed by atoms with Crippen LogP contribution < -0.4 is 16.0 Å². The van der Waals surface area contributed by atoms with Gasteiger partial charge in [-0.1, -0.05) is 13.8 Å². The molecule has 0 fully saturated rings. The molecule has 0 radical (unpaired) electrons. The first-order chi connectivity index (χ1) is 10.1. The fourth-order valence-electron chi connectivity index (χ4n) is 1.66. The maximum absolute atomic E-state index is 5.67. The zero-order valence-electron chi connectivity index (χ0n) is 13.3. The SMILES string of the molecule is COCCCOCCOc1nc(C(C)C)nc(NN)c1C. The zero-order chi connectivity index (χ0) is 15.7. The van der Waals surface area contributed by atoms with E-state index in [0.29, 0.717) is 43.9 Å². The summed E-state index contributed by atoms with van der Waals surface area (Å²) >= 11 is 0. The molecule has 0 aliphatic rings. The largest absolute Gasteiger partial charge is 0.475 e. The van der Waals surface area contributed by atoms with Crippen molar-refractivity contribution < 1.29 is 14.2 Å². The molecule has 7 heteroatoms. The molecule has 0 aliphatic heterocycles. The monoisotopic (exact) mass is 298 g/mol. The summed E-state index contributed by atoms with van der Waals surface area (Å²) in [6.07, 6.45) is 0.877. The average Bonchev–Trinajstić information content (AvgIpc) is 2.47. The van der Waals surface area contributed by atoms with E-state index >= 15 is 0 Å². The van der Waals surface area contributed by atoms with Crippen LogP contribution in [0.4, 0.5) is 5.82 Å². The number of nitrogens with zero attached hydrogens (tertiary/aromatic N) is 2. The summed E-state index contributed by atoms with van der Waals surface area (Å²) in [5, 5.41) is 0. The highest BCUT2D eigenvalue weighted by molar-refractivity contribution is 5.47. The quantitative estimate of drug-likeness (QED) is 0.385. The van der Waals surface area contributed by atoms with Crippen molar-refractivity contribution in [1.82, 2.24) is 9.97 Å². The molecule has 0 amide bonds. The second kappa shape index (κ2) is 9.49. The molecule has 1 aromatic heterocycles. The van der Waals surface area contributed by atoms with Crippen molar-refractivity contribution in [3.8, 4) is 5.88 Å². The number of nitrogens with two attached hydrogens (primary N) is 1. The minimum absolute atomic E-state index is 0.199. The van der Waals surface area contributed by atoms with E-state index in [4.69, 9.17) is 20.1 Å². The number of nitrogens with one attached hydrogen (secondary N) is 1. The van der Waals surface area contributed by atoms with Crippen LogP contribution >= 0.6 is 0 Å². The maximum atomic E-state index is 5.67. The van der Waals surface area contributed by atoms with E-state index in [9.17, 15) is 0 Å². The van der Waals surface area contributed by atoms with Gasteiger partial charge in [-0.25, -0.2) is 10.8 Å². The van der Waals surface area contributed by atoms with Gasteiger partial charge in [0.15, 0.2) is 0 Å². The molecule has 1 aromatic rings. The molecule has 0 bridgehead atoms. The molecule has 1 heterocycles. The summed E-state index contributed by atoms with van der Waals surface area (Å²) < 4.78 is 16.1. The van der Waals surface area contributed by atoms with Crippen molar-refractivity contribution in [1.29, 1.82) is 0 Å². The van der Waals surface area contributed by atoms with Crippen LogP contribution in [0.15, 0.2) is 0 Å². The molecule has 0 spiro atoms. The molecule has 0 saturated carbocycles. The summed E-state index contributed by atoms with van der Waals surface area (Å²) in [6, 6.07) is 0. The number of methoxy groups -OCH3 is 1. The van der Waals surface area contributed by atoms with Crippen molar-refractivity contribution in [3.63, 3.8) is 0 Å². The van der Waals surface area contributed by atoms with Gasteiger partial charge in [0.2, 0.25) is 5.88 Å². The number of rotatable bonds is 10. The second-order valence-electron chi connectivity index (χ2n) is 4.97. The Morgan fingerprint density at radius 3 is 2.52 bits per heavy atom. The van der Waals surface area contributed by atoms with Crippen LogP contribution in [0.25, 0.3) is 0 Å². The molecule has 7 nitrogen and oxygen atoms in total. The second-order valence-corrected chi connectivity index (χ2v) is 4.97. The summed E-state index contributed by atoms with van der Waals surface area (Å²) in [5.41, 5.74) is 3.37. The number of aromatic nitrogens is 2. The Bertz CT molecular complexity index is 427. The Morgan fingerprint density at radius 2 is 1.90 bits per heavy atom. The van der Waals surface area contributed by atoms with Gasteiger partial charge in [0.05, 0.1) is 12.2 Å². The fraction of sp³-hybridized carbons (Fsp3) is 0.714. The summed E-state index contributed by atoms with van der Waals surface area (Å²) in [6.45, 7) is 8.22. The molecule has 0 aliphatic carbocycles. The standard InChI is InChI=1S/C14H26N4O3/c1-10(2)12-16-13(18-15)11(3)14(17-12)21-9-8-20-7-5-6-19-4/h10H,5-9,15H2,1-4H3,(H,16,17,18). The zero-order valence-corrected chi connectivity index (χ0v) is 13.3. The van der Waals surface area contributed by atoms with Crippen LogP contribution in [0, 0.1) is 6.92 Å². The molecular formula is C14H26N4O3. The van der Waals surface area contributed by atoms with Gasteiger partial charge < -0.3 is 19.6 Å². The molecule has 3 N–H and O–H groups in total. The minimum Gasteiger partial charge on any atom is -0.475 e. The summed E-state index contributed by atoms with van der Waals surface area (Å²) in [5.74, 6) is 7.51. The van der Waals surface area contributed by atoms with Crippen LogP contribution in [-0.4, -0.2) is 43.5 Å². The van der Waals surface area contributed by atoms with E-state index in [2.05, 4.69) is 15.4 Å². The molecule has 120 valence electrons. The van der Waals surface area contributed by atoms with Gasteiger partial charge in [-0.2, -0.15) is 4.98 Å². The van der Waals surface area contributed by atoms with Crippen molar-refractivity contribution in [2.45, 2.75) is 33.1 Å². The lowest BCUT2D eigenvalue weighted by Crippen LogP contribution is -2.16. The summed E-state index contributed by atoms with van der Waals surface area (Å²) in [4.78, 5) is 8.78. The number of hydrogen-bond donors (Lipinski definition) is 2. The number of hydrazine groups is 1. The van der Waals surface area contributed by atoms with Crippen LogP contribution in [0.5, 0.6) is 5.88 Å². The lowest BCUT2D eigenvalue weighted by atomic mass is 10.2. The molecule has 21 heavy (non-hydrogen) atoms. The molecule has 1 rings (SSSR count). The highest BCUT2D eigenvalue weighted by Crippen LogP contribution is 2.24. The summed E-state index contributed by atoms with van der Waals surface area (Å²) in [7, 11) is 1.68. The van der Waals surface area contributed by atoms with E-state index < -0.39 is 0 Å². The van der Waals surface area contributed by atoms with E-state index in [1.807, 2.05) is 20.8 Å². The fourth-order valence-corrected chi connectivity index (χ4v) is 1.66. The van der Waals surface area contributed by atoms with Gasteiger partial charge in [0.25, 0.3) is 0 Å². The predicted octanol–water partition coefficient (Wildman–Crippen LogP) is 1.63. The first-order valence-corrected chi connectivity index (χ1v) is 7.14. The third-order valence-corrected chi connectivity index (χ3v) is 2.88. The Morgan fingerprint density at radius 1 is 1.14 bits per heavy atom. The van der Waals surface area contributed by atoms with E-state index in [-0.39, 0.29) is 5.92 Å². The highest BCUT2D eigenvalue weighted by atomic mass is 16.5. The van der Waals surface area contributed by atoms with Gasteiger partial charge in [-0.3, -0.25) is 0 Å². The topological polar surface area (TPSA) is 91.5 Å². The number of anilines is 1. The first-order valence-electron chi connectivity index (χ1n) is 7.14. The van der Waals surface area contributed by atoms with Gasteiger partial charge in [-0.05, 0) is 13.3 Å². The minimum atomic E-state index is 0.199. The molecule has 0 aromatic carbocycles. The van der Waals surface area contributed by atoms with Crippen LogP contribution in [0.1, 0.15) is 37.6 Å². The highest BCUT2D eigenvalue weighted by Gasteiger charge is 2.13. The number of nitrogen functional groups attached to an aromatic ring is 1. The third kappa shape index (κ3) is 5.82. The normalized spacial score (nSPS) is 11.0. The van der Waals surface area contributed by atoms with Gasteiger partial charge in [0.1, 0.15) is 18.2 Å². The molecule has 0 unspecified atom stereocenters. The third-order valence-electron chi connectivity index (χ3n) is 2.88. The lowest BCUT2D eigenvalue weighted by molar-refractivity contribution is 0.0793. The van der Waals surface area contributed by atoms with Crippen molar-refractivity contribution >= 4 is 5.82 Å². The van der Waals surface area contributed by atoms with Crippen molar-refractivity contribution in [3.05, 3.63) is 11.4 Å². The Kier molecular flexibility index (Phi) is 7.96.